The number of amides is 1. The summed E-state index contributed by atoms with van der Waals surface area (Å²) in [5.41, 5.74) is 1.79. The maximum absolute atomic E-state index is 12.9. The fourth-order valence-corrected chi connectivity index (χ4v) is 4.95. The number of rotatable bonds is 3. The Morgan fingerprint density at radius 3 is 2.66 bits per heavy atom. The monoisotopic (exact) mass is 391 g/mol. The van der Waals surface area contributed by atoms with E-state index in [-0.39, 0.29) is 24.8 Å². The number of nitrogens with zero attached hydrogens (tertiary/aromatic N) is 3. The number of fused-ring (bicyclic) bond motifs is 3. The van der Waals surface area contributed by atoms with Crippen LogP contribution in [0.15, 0.2) is 61.1 Å². The van der Waals surface area contributed by atoms with Crippen LogP contribution in [-0.4, -0.2) is 37.6 Å². The highest BCUT2D eigenvalue weighted by molar-refractivity contribution is 5.69. The van der Waals surface area contributed by atoms with Crippen LogP contribution in [0.5, 0.6) is 0 Å². The van der Waals surface area contributed by atoms with Gasteiger partial charge in [-0.15, -0.1) is 0 Å². The molecule has 1 amide bonds. The lowest BCUT2D eigenvalue weighted by molar-refractivity contribution is -0.0898. The first-order chi connectivity index (χ1) is 14.1. The Hall–Kier alpha value is -2.86. The first kappa shape index (κ1) is 18.2. The Bertz CT molecular complexity index is 1000. The minimum absolute atomic E-state index is 0.00532. The number of carbonyl (C=O) groups excluding carboxylic acids is 1. The van der Waals surface area contributed by atoms with Gasteiger partial charge in [0.1, 0.15) is 12.3 Å². The van der Waals surface area contributed by atoms with Crippen LogP contribution in [-0.2, 0) is 16.9 Å². The van der Waals surface area contributed by atoms with Gasteiger partial charge in [-0.1, -0.05) is 36.4 Å². The Morgan fingerprint density at radius 2 is 1.90 bits per heavy atom. The first-order valence-corrected chi connectivity index (χ1v) is 10.3. The summed E-state index contributed by atoms with van der Waals surface area (Å²) < 4.78 is 7.55. The van der Waals surface area contributed by atoms with E-state index in [2.05, 4.69) is 4.98 Å². The summed E-state index contributed by atoms with van der Waals surface area (Å²) >= 11 is 0. The molecule has 0 spiro atoms. The van der Waals surface area contributed by atoms with Crippen LogP contribution in [0.4, 0.5) is 4.79 Å². The van der Waals surface area contributed by atoms with Gasteiger partial charge >= 0.3 is 6.09 Å². The molecule has 150 valence electrons. The summed E-state index contributed by atoms with van der Waals surface area (Å²) in [5.74, 6) is 0. The zero-order chi connectivity index (χ0) is 19.8. The SMILES string of the molecule is O=C(OCc1ccccc1)N1C2CCCC1CC(O)(c1ccc3nccn3c1)C2. The van der Waals surface area contributed by atoms with Gasteiger partial charge in [0.15, 0.2) is 0 Å². The van der Waals surface area contributed by atoms with Crippen molar-refractivity contribution in [2.24, 2.45) is 0 Å². The van der Waals surface area contributed by atoms with Gasteiger partial charge in [-0.05, 0) is 30.9 Å². The second-order valence-electron chi connectivity index (χ2n) is 8.24. The number of hydrogen-bond donors (Lipinski definition) is 1. The molecule has 0 saturated carbocycles. The van der Waals surface area contributed by atoms with E-state index in [0.717, 1.165) is 36.0 Å². The molecule has 0 radical (unpaired) electrons. The van der Waals surface area contributed by atoms with Gasteiger partial charge in [-0.25, -0.2) is 9.78 Å². The lowest BCUT2D eigenvalue weighted by Gasteiger charge is -2.51. The van der Waals surface area contributed by atoms with Crippen LogP contribution in [0.25, 0.3) is 5.65 Å². The van der Waals surface area contributed by atoms with Gasteiger partial charge < -0.3 is 19.1 Å². The quantitative estimate of drug-likeness (QED) is 0.736. The van der Waals surface area contributed by atoms with Gasteiger partial charge in [0.25, 0.3) is 0 Å². The van der Waals surface area contributed by atoms with Crippen molar-refractivity contribution in [3.63, 3.8) is 0 Å². The third-order valence-corrected chi connectivity index (χ3v) is 6.35. The van der Waals surface area contributed by atoms with Gasteiger partial charge in [0.05, 0.1) is 5.60 Å². The van der Waals surface area contributed by atoms with Crippen molar-refractivity contribution >= 4 is 11.7 Å². The summed E-state index contributed by atoms with van der Waals surface area (Å²) in [5, 5.41) is 11.5. The molecule has 29 heavy (non-hydrogen) atoms. The molecule has 2 bridgehead atoms. The summed E-state index contributed by atoms with van der Waals surface area (Å²) in [4.78, 5) is 19.0. The lowest BCUT2D eigenvalue weighted by Crippen LogP contribution is -2.58. The molecule has 0 aliphatic carbocycles. The minimum Gasteiger partial charge on any atom is -0.445 e. The average Bonchev–Trinajstić information content (AvgIpc) is 3.20. The first-order valence-electron chi connectivity index (χ1n) is 10.3. The third kappa shape index (κ3) is 3.38. The zero-order valence-corrected chi connectivity index (χ0v) is 16.3. The molecule has 2 aliphatic heterocycles. The van der Waals surface area contributed by atoms with Gasteiger partial charge in [0, 0.05) is 49.1 Å². The van der Waals surface area contributed by atoms with Crippen molar-refractivity contribution in [3.05, 3.63) is 72.2 Å². The van der Waals surface area contributed by atoms with Crippen LogP contribution in [0, 0.1) is 0 Å². The van der Waals surface area contributed by atoms with Crippen molar-refractivity contribution in [1.82, 2.24) is 14.3 Å². The molecule has 1 N–H and O–H groups in total. The van der Waals surface area contributed by atoms with Gasteiger partial charge in [-0.2, -0.15) is 0 Å². The standard InChI is InChI=1S/C23H25N3O3/c27-22(29-16-17-5-2-1-3-6-17)26-19-7-4-8-20(26)14-23(28,13-19)18-9-10-21-24-11-12-25(21)15-18/h1-3,5-6,9-12,15,19-20,28H,4,7-8,13-14,16H2. The molecular weight excluding hydrogens is 366 g/mol. The molecule has 2 saturated heterocycles. The van der Waals surface area contributed by atoms with E-state index in [0.29, 0.717) is 12.8 Å². The number of imidazole rings is 1. The molecule has 2 fully saturated rings. The zero-order valence-electron chi connectivity index (χ0n) is 16.3. The molecule has 3 aromatic rings. The number of pyridine rings is 1. The van der Waals surface area contributed by atoms with E-state index < -0.39 is 5.60 Å². The van der Waals surface area contributed by atoms with Gasteiger partial charge in [0.2, 0.25) is 0 Å². The van der Waals surface area contributed by atoms with Crippen LogP contribution >= 0.6 is 0 Å². The fourth-order valence-electron chi connectivity index (χ4n) is 4.95. The van der Waals surface area contributed by atoms with E-state index in [4.69, 9.17) is 4.74 Å². The Kier molecular flexibility index (Phi) is 4.51. The predicted molar refractivity (Wildman–Crippen MR) is 108 cm³/mol. The number of hydrogen-bond acceptors (Lipinski definition) is 4. The largest absolute Gasteiger partial charge is 0.445 e. The molecule has 1 aromatic carbocycles. The topological polar surface area (TPSA) is 67.1 Å². The number of benzene rings is 1. The van der Waals surface area contributed by atoms with Crippen LogP contribution in [0.1, 0.15) is 43.2 Å². The van der Waals surface area contributed by atoms with Crippen molar-refractivity contribution in [2.45, 2.75) is 56.4 Å². The molecule has 5 rings (SSSR count). The van der Waals surface area contributed by atoms with Crippen molar-refractivity contribution in [3.8, 4) is 0 Å². The minimum atomic E-state index is -0.940. The van der Waals surface area contributed by atoms with E-state index in [9.17, 15) is 9.90 Å². The highest BCUT2D eigenvalue weighted by Gasteiger charge is 2.48. The summed E-state index contributed by atoms with van der Waals surface area (Å²) in [6.07, 6.45) is 9.27. The molecule has 6 nitrogen and oxygen atoms in total. The summed E-state index contributed by atoms with van der Waals surface area (Å²) in [7, 11) is 0. The average molecular weight is 391 g/mol. The van der Waals surface area contributed by atoms with Crippen LogP contribution in [0.3, 0.4) is 0 Å². The molecular formula is C23H25N3O3. The van der Waals surface area contributed by atoms with Crippen molar-refractivity contribution in [2.75, 3.05) is 0 Å². The van der Waals surface area contributed by atoms with Crippen LogP contribution in [0.2, 0.25) is 0 Å². The van der Waals surface area contributed by atoms with Crippen LogP contribution < -0.4 is 0 Å². The maximum atomic E-state index is 12.9. The summed E-state index contributed by atoms with van der Waals surface area (Å²) in [6.45, 7) is 0.275. The van der Waals surface area contributed by atoms with E-state index in [1.165, 1.54) is 0 Å². The lowest BCUT2D eigenvalue weighted by atomic mass is 9.73. The van der Waals surface area contributed by atoms with E-state index >= 15 is 0 Å². The summed E-state index contributed by atoms with van der Waals surface area (Å²) in [6, 6.07) is 13.6. The normalized spacial score (nSPS) is 26.4. The highest BCUT2D eigenvalue weighted by Crippen LogP contribution is 2.44. The van der Waals surface area contributed by atoms with E-state index in [1.54, 1.807) is 6.20 Å². The number of aromatic nitrogens is 2. The Labute approximate surface area is 169 Å². The Morgan fingerprint density at radius 1 is 1.14 bits per heavy atom. The number of ether oxygens (including phenoxy) is 1. The molecule has 6 heteroatoms. The number of piperidine rings is 2. The smallest absolute Gasteiger partial charge is 0.410 e. The molecule has 2 unspecified atom stereocenters. The Balaban J connectivity index is 1.34. The molecule has 4 heterocycles. The third-order valence-electron chi connectivity index (χ3n) is 6.35. The van der Waals surface area contributed by atoms with E-state index in [1.807, 2.05) is 64.2 Å². The number of aliphatic hydroxyl groups is 1. The van der Waals surface area contributed by atoms with Gasteiger partial charge in [-0.3, -0.25) is 0 Å². The highest BCUT2D eigenvalue weighted by atomic mass is 16.6. The fraction of sp³-hybridized carbons (Fsp3) is 0.391. The second kappa shape index (κ2) is 7.19. The molecule has 2 aromatic heterocycles. The predicted octanol–water partition coefficient (Wildman–Crippen LogP) is 3.88. The molecule has 2 atom stereocenters. The van der Waals surface area contributed by atoms with Crippen molar-refractivity contribution < 1.29 is 14.6 Å². The number of carbonyl (C=O) groups is 1. The van der Waals surface area contributed by atoms with Crippen molar-refractivity contribution in [1.29, 1.82) is 0 Å². The second-order valence-corrected chi connectivity index (χ2v) is 8.24. The maximum Gasteiger partial charge on any atom is 0.410 e. The molecule has 2 aliphatic rings.